The van der Waals surface area contributed by atoms with E-state index in [2.05, 4.69) is 11.1 Å². The maximum atomic E-state index is 2.17. The lowest BCUT2D eigenvalue weighted by Gasteiger charge is -2.63. The van der Waals surface area contributed by atoms with E-state index in [0.717, 1.165) is 11.8 Å². The van der Waals surface area contributed by atoms with Gasteiger partial charge in [-0.3, -0.25) is 0 Å². The molecule has 9 saturated carbocycles. The van der Waals surface area contributed by atoms with Crippen LogP contribution in [0.3, 0.4) is 0 Å². The standard InChI is InChI=1S/C18H20/c1-2-6-3-5(1)9-10(6)15(9)17-13-8-4-7-11(13)16-12(7)14(8)18(16)17/h5-14,16,18H,1-4H2/t5-,6+,7-,8+,9-,10-,11-,12-,13-,14-,16+,18-/m1/s1. The molecule has 0 aromatic rings. The second-order valence-electron chi connectivity index (χ2n) is 9.22. The molecule has 0 saturated heterocycles. The van der Waals surface area contributed by atoms with Gasteiger partial charge in [-0.25, -0.2) is 0 Å². The first-order chi connectivity index (χ1) is 8.95. The van der Waals surface area contributed by atoms with Crippen LogP contribution in [-0.4, -0.2) is 0 Å². The fourth-order valence-electron chi connectivity index (χ4n) is 9.77. The molecule has 0 aliphatic heterocycles. The third-order valence-corrected chi connectivity index (χ3v) is 9.64. The Morgan fingerprint density at radius 1 is 0.556 bits per heavy atom. The molecule has 0 amide bonds. The van der Waals surface area contributed by atoms with Crippen LogP contribution in [0.4, 0.5) is 0 Å². The molecule has 0 aromatic heterocycles. The Labute approximate surface area is 108 Å². The SMILES string of the molecule is C1C[C@H]2C[C@@H]1[C@H]1C(=C3[C@@H]4[C@@H]5C[C@H]6[C@H]7[C@@H]([C@H]3[C@H]57)[C@H]64)[C@H]21. The number of rotatable bonds is 0. The molecule has 9 aliphatic rings. The molecule has 18 heavy (non-hydrogen) atoms. The zero-order chi connectivity index (χ0) is 10.9. The minimum Gasteiger partial charge on any atom is -0.0630 e. The van der Waals surface area contributed by atoms with Gasteiger partial charge >= 0.3 is 0 Å². The van der Waals surface area contributed by atoms with Gasteiger partial charge in [-0.1, -0.05) is 11.1 Å². The molecule has 9 rings (SSSR count). The second-order valence-corrected chi connectivity index (χ2v) is 9.22. The predicted octanol–water partition coefficient (Wildman–Crippen LogP) is 3.35. The lowest BCUT2D eigenvalue weighted by molar-refractivity contribution is -0.168. The van der Waals surface area contributed by atoms with Gasteiger partial charge in [0.1, 0.15) is 0 Å². The monoisotopic (exact) mass is 236 g/mol. The molecule has 12 atom stereocenters. The predicted molar refractivity (Wildman–Crippen MR) is 67.4 cm³/mol. The van der Waals surface area contributed by atoms with Crippen LogP contribution in [0.1, 0.15) is 25.7 Å². The number of fused-ring (bicyclic) bond motifs is 5. The normalized spacial score (nSPS) is 85.3. The zero-order valence-electron chi connectivity index (χ0n) is 10.8. The first kappa shape index (κ1) is 8.12. The lowest BCUT2D eigenvalue weighted by Crippen LogP contribution is -2.60. The van der Waals surface area contributed by atoms with E-state index in [1.807, 2.05) is 0 Å². The van der Waals surface area contributed by atoms with Crippen molar-refractivity contribution in [3.05, 3.63) is 11.1 Å². The van der Waals surface area contributed by atoms with E-state index in [9.17, 15) is 0 Å². The Balaban J connectivity index is 1.37. The molecule has 0 radical (unpaired) electrons. The first-order valence-electron chi connectivity index (χ1n) is 8.69. The Morgan fingerprint density at radius 3 is 2.00 bits per heavy atom. The molecule has 9 fully saturated rings. The highest BCUT2D eigenvalue weighted by Gasteiger charge is 2.86. The van der Waals surface area contributed by atoms with E-state index in [4.69, 9.17) is 0 Å². The summed E-state index contributed by atoms with van der Waals surface area (Å²) in [4.78, 5) is 0. The Bertz CT molecular complexity index is 549. The van der Waals surface area contributed by atoms with Crippen molar-refractivity contribution in [2.75, 3.05) is 0 Å². The van der Waals surface area contributed by atoms with Gasteiger partial charge in [0, 0.05) is 0 Å². The highest BCUT2D eigenvalue weighted by molar-refractivity contribution is 5.53. The summed E-state index contributed by atoms with van der Waals surface area (Å²) in [6, 6.07) is 0. The van der Waals surface area contributed by atoms with Gasteiger partial charge in [0.05, 0.1) is 0 Å². The number of hydrogen-bond acceptors (Lipinski definition) is 0. The van der Waals surface area contributed by atoms with Crippen molar-refractivity contribution in [2.24, 2.45) is 71.0 Å². The average molecular weight is 236 g/mol. The summed E-state index contributed by atoms with van der Waals surface area (Å²) in [5.74, 6) is 14.5. The maximum absolute atomic E-state index is 2.17. The van der Waals surface area contributed by atoms with Crippen molar-refractivity contribution >= 4 is 0 Å². The van der Waals surface area contributed by atoms with Crippen molar-refractivity contribution in [3.8, 4) is 0 Å². The van der Waals surface area contributed by atoms with Crippen molar-refractivity contribution in [3.63, 3.8) is 0 Å². The molecular weight excluding hydrogens is 216 g/mol. The summed E-state index contributed by atoms with van der Waals surface area (Å²) in [6.45, 7) is 0. The number of hydrogen-bond donors (Lipinski definition) is 0. The van der Waals surface area contributed by atoms with E-state index in [1.54, 1.807) is 25.7 Å². The summed E-state index contributed by atoms with van der Waals surface area (Å²) >= 11 is 0. The molecule has 0 aromatic carbocycles. The van der Waals surface area contributed by atoms with Crippen molar-refractivity contribution < 1.29 is 0 Å². The summed E-state index contributed by atoms with van der Waals surface area (Å²) in [5.41, 5.74) is 4.30. The second kappa shape index (κ2) is 1.98. The molecule has 0 heterocycles. The molecule has 0 nitrogen and oxygen atoms in total. The molecule has 92 valence electrons. The van der Waals surface area contributed by atoms with Gasteiger partial charge in [0.2, 0.25) is 0 Å². The van der Waals surface area contributed by atoms with Gasteiger partial charge in [-0.15, -0.1) is 0 Å². The third-order valence-electron chi connectivity index (χ3n) is 9.64. The topological polar surface area (TPSA) is 0 Å². The summed E-state index contributed by atoms with van der Waals surface area (Å²) in [7, 11) is 0. The van der Waals surface area contributed by atoms with Crippen LogP contribution in [0.25, 0.3) is 0 Å². The van der Waals surface area contributed by atoms with Crippen molar-refractivity contribution in [2.45, 2.75) is 25.7 Å². The third kappa shape index (κ3) is 0.500. The highest BCUT2D eigenvalue weighted by atomic mass is 14.9. The fourth-order valence-corrected chi connectivity index (χ4v) is 9.77. The van der Waals surface area contributed by atoms with Crippen LogP contribution < -0.4 is 0 Å². The van der Waals surface area contributed by atoms with E-state index in [-0.39, 0.29) is 0 Å². The quantitative estimate of drug-likeness (QED) is 0.566. The van der Waals surface area contributed by atoms with E-state index < -0.39 is 0 Å². The van der Waals surface area contributed by atoms with Crippen LogP contribution >= 0.6 is 0 Å². The maximum Gasteiger partial charge on any atom is -0.0100 e. The average Bonchev–Trinajstić information content (AvgIpc) is 2.72. The van der Waals surface area contributed by atoms with Gasteiger partial charge in [0.25, 0.3) is 0 Å². The van der Waals surface area contributed by atoms with Crippen LogP contribution in [0.2, 0.25) is 0 Å². The molecular formula is C18H20. The highest BCUT2D eigenvalue weighted by Crippen LogP contribution is 2.91. The van der Waals surface area contributed by atoms with Gasteiger partial charge < -0.3 is 0 Å². The minimum absolute atomic E-state index is 1.16. The van der Waals surface area contributed by atoms with Crippen LogP contribution in [-0.2, 0) is 0 Å². The Kier molecular flexibility index (Phi) is 0.894. The van der Waals surface area contributed by atoms with Crippen LogP contribution in [0.5, 0.6) is 0 Å². The molecule has 9 aliphatic carbocycles. The van der Waals surface area contributed by atoms with Gasteiger partial charge in [-0.2, -0.15) is 0 Å². The molecule has 6 bridgehead atoms. The molecule has 0 unspecified atom stereocenters. The number of allylic oxidation sites excluding steroid dienone is 2. The molecule has 0 N–H and O–H groups in total. The van der Waals surface area contributed by atoms with E-state index >= 15 is 0 Å². The van der Waals surface area contributed by atoms with Gasteiger partial charge in [-0.05, 0) is 96.7 Å². The Hall–Kier alpha value is -0.260. The first-order valence-corrected chi connectivity index (χ1v) is 8.69. The largest absolute Gasteiger partial charge is 0.0630 e. The van der Waals surface area contributed by atoms with Crippen LogP contribution in [0.15, 0.2) is 11.1 Å². The van der Waals surface area contributed by atoms with Crippen molar-refractivity contribution in [1.82, 2.24) is 0 Å². The summed E-state index contributed by atoms with van der Waals surface area (Å²) < 4.78 is 0. The zero-order valence-corrected chi connectivity index (χ0v) is 10.8. The fraction of sp³-hybridized carbons (Fsp3) is 0.889. The molecule has 0 heteroatoms. The van der Waals surface area contributed by atoms with Crippen molar-refractivity contribution in [1.29, 1.82) is 0 Å². The van der Waals surface area contributed by atoms with Crippen LogP contribution in [0, 0.1) is 71.0 Å². The lowest BCUT2D eigenvalue weighted by atomic mass is 9.41. The Morgan fingerprint density at radius 2 is 1.28 bits per heavy atom. The van der Waals surface area contributed by atoms with Gasteiger partial charge in [0.15, 0.2) is 0 Å². The minimum atomic E-state index is 1.16. The smallest absolute Gasteiger partial charge is 0.0100 e. The summed E-state index contributed by atoms with van der Waals surface area (Å²) in [6.07, 6.45) is 6.51. The summed E-state index contributed by atoms with van der Waals surface area (Å²) in [5, 5.41) is 0. The van der Waals surface area contributed by atoms with E-state index in [1.165, 1.54) is 59.2 Å². The molecule has 0 spiro atoms. The van der Waals surface area contributed by atoms with E-state index in [0.29, 0.717) is 0 Å².